The van der Waals surface area contributed by atoms with Gasteiger partial charge in [0.1, 0.15) is 0 Å². The molecule has 0 bridgehead atoms. The van der Waals surface area contributed by atoms with Crippen molar-refractivity contribution in [2.24, 2.45) is 41.4 Å². The lowest BCUT2D eigenvalue weighted by Crippen LogP contribution is -2.25. The molecule has 0 atom stereocenters. The molecule has 0 aliphatic carbocycles. The number of hydrogen-bond acceptors (Lipinski definition) is 5. The van der Waals surface area contributed by atoms with Gasteiger partial charge in [-0.15, -0.1) is 0 Å². The molecule has 0 rings (SSSR count). The maximum Gasteiger partial charge on any atom is 0.220 e. The summed E-state index contributed by atoms with van der Waals surface area (Å²) in [4.78, 5) is 11.2. The standard InChI is InChI=1S/C12H26O2.C11H23NO.C11H22.C10H22O2/c1-11(2)5-7-13-9-10-14-8-6-12(3)4;1-9(2)5-6-11(13)12-8-7-10(3)4;1-9(2)7-6-8-11(5)10(3)4;1-9(2)5-6-11-7-8-12-10(3)4/h11-12H,5-10H2,1-4H3;9-10H,5-8H2,1-4H3,(H,12,13);9-10H,5-8H2,1-4H3;9-10H,5-8H2,1-4H3. The summed E-state index contributed by atoms with van der Waals surface area (Å²) in [6.45, 7) is 45.3. The smallest absolute Gasteiger partial charge is 0.220 e. The summed E-state index contributed by atoms with van der Waals surface area (Å²) in [6.07, 6.45) is 10.4. The van der Waals surface area contributed by atoms with Crippen molar-refractivity contribution >= 4 is 5.91 Å². The van der Waals surface area contributed by atoms with Crippen LogP contribution in [0.15, 0.2) is 12.2 Å². The van der Waals surface area contributed by atoms with E-state index < -0.39 is 0 Å². The normalized spacial score (nSPS) is 11.3. The van der Waals surface area contributed by atoms with E-state index in [1.54, 1.807) is 0 Å². The number of ether oxygens (including phenoxy) is 4. The largest absolute Gasteiger partial charge is 0.379 e. The highest BCUT2D eigenvalue weighted by Crippen LogP contribution is 2.16. The fourth-order valence-electron chi connectivity index (χ4n) is 3.76. The van der Waals surface area contributed by atoms with E-state index in [2.05, 4.69) is 109 Å². The Hall–Kier alpha value is -0.950. The Bertz CT molecular complexity index is 660. The Labute approximate surface area is 315 Å². The Kier molecular flexibility index (Phi) is 45.5. The molecule has 0 saturated carbocycles. The first kappa shape index (κ1) is 55.8. The number of allylic oxidation sites excluding steroid dienone is 1. The third kappa shape index (κ3) is 62.2. The van der Waals surface area contributed by atoms with Crippen LogP contribution in [-0.2, 0) is 23.7 Å². The fraction of sp³-hybridized carbons (Fsp3) is 0.932. The van der Waals surface area contributed by atoms with Crippen molar-refractivity contribution in [1.82, 2.24) is 5.32 Å². The maximum atomic E-state index is 11.2. The SMILES string of the molecule is C=C(CCCC(C)C)C(C)C.CC(C)CCNC(=O)CCC(C)C.CC(C)CCOCCOC(C)C.CC(C)CCOCCOCCC(C)C. The summed E-state index contributed by atoms with van der Waals surface area (Å²) in [6, 6.07) is 0. The summed E-state index contributed by atoms with van der Waals surface area (Å²) in [5.41, 5.74) is 1.41. The first-order valence-corrected chi connectivity index (χ1v) is 20.6. The topological polar surface area (TPSA) is 66.0 Å². The maximum absolute atomic E-state index is 11.2. The second-order valence-electron chi connectivity index (χ2n) is 16.9. The number of hydrogen-bond donors (Lipinski definition) is 1. The lowest BCUT2D eigenvalue weighted by molar-refractivity contribution is -0.121. The minimum Gasteiger partial charge on any atom is -0.379 e. The molecule has 6 heteroatoms. The molecular weight excluding hydrogens is 622 g/mol. The summed E-state index contributed by atoms with van der Waals surface area (Å²) in [5, 5.41) is 2.93. The van der Waals surface area contributed by atoms with Crippen LogP contribution in [0.5, 0.6) is 0 Å². The van der Waals surface area contributed by atoms with Crippen LogP contribution in [0.4, 0.5) is 0 Å². The van der Waals surface area contributed by atoms with Crippen LogP contribution in [0.25, 0.3) is 0 Å². The number of rotatable bonds is 27. The van der Waals surface area contributed by atoms with E-state index in [0.717, 1.165) is 109 Å². The second-order valence-corrected chi connectivity index (χ2v) is 16.9. The monoisotopic (exact) mass is 716 g/mol. The third-order valence-electron chi connectivity index (χ3n) is 7.66. The van der Waals surface area contributed by atoms with Crippen LogP contribution >= 0.6 is 0 Å². The number of carbonyl (C=O) groups excluding carboxylic acids is 1. The van der Waals surface area contributed by atoms with Crippen molar-refractivity contribution in [3.8, 4) is 0 Å². The fourth-order valence-corrected chi connectivity index (χ4v) is 3.76. The first-order valence-electron chi connectivity index (χ1n) is 20.6. The van der Waals surface area contributed by atoms with Gasteiger partial charge in [0.2, 0.25) is 5.91 Å². The van der Waals surface area contributed by atoms with Crippen molar-refractivity contribution < 1.29 is 23.7 Å². The Morgan fingerprint density at radius 3 is 1.20 bits per heavy atom. The van der Waals surface area contributed by atoms with E-state index in [-0.39, 0.29) is 5.91 Å². The van der Waals surface area contributed by atoms with E-state index in [9.17, 15) is 4.79 Å². The van der Waals surface area contributed by atoms with Gasteiger partial charge in [-0.2, -0.15) is 0 Å². The van der Waals surface area contributed by atoms with Gasteiger partial charge in [-0.05, 0) is 100 Å². The first-order chi connectivity index (χ1) is 23.3. The molecule has 0 unspecified atom stereocenters. The van der Waals surface area contributed by atoms with Crippen LogP contribution in [0.3, 0.4) is 0 Å². The number of carbonyl (C=O) groups is 1. The lowest BCUT2D eigenvalue weighted by atomic mass is 9.97. The lowest BCUT2D eigenvalue weighted by Gasteiger charge is -2.09. The van der Waals surface area contributed by atoms with Crippen LogP contribution in [0, 0.1) is 41.4 Å². The van der Waals surface area contributed by atoms with Gasteiger partial charge in [0.15, 0.2) is 0 Å². The summed E-state index contributed by atoms with van der Waals surface area (Å²) < 4.78 is 21.5. The van der Waals surface area contributed by atoms with E-state index >= 15 is 0 Å². The predicted octanol–water partition coefficient (Wildman–Crippen LogP) is 12.2. The van der Waals surface area contributed by atoms with Gasteiger partial charge in [-0.25, -0.2) is 0 Å². The van der Waals surface area contributed by atoms with Gasteiger partial charge < -0.3 is 24.3 Å². The van der Waals surface area contributed by atoms with Crippen LogP contribution < -0.4 is 5.32 Å². The van der Waals surface area contributed by atoms with E-state index in [4.69, 9.17) is 18.9 Å². The molecule has 0 radical (unpaired) electrons. The van der Waals surface area contributed by atoms with E-state index in [1.807, 2.05) is 13.8 Å². The minimum absolute atomic E-state index is 0.203. The van der Waals surface area contributed by atoms with Crippen molar-refractivity contribution in [1.29, 1.82) is 0 Å². The van der Waals surface area contributed by atoms with Gasteiger partial charge in [0, 0.05) is 32.8 Å². The quantitative estimate of drug-likeness (QED) is 0.0677. The van der Waals surface area contributed by atoms with Crippen molar-refractivity contribution in [3.63, 3.8) is 0 Å². The number of nitrogens with one attached hydrogen (secondary N) is 1. The zero-order chi connectivity index (χ0) is 39.3. The molecule has 50 heavy (non-hydrogen) atoms. The number of amides is 1. The average molecular weight is 716 g/mol. The van der Waals surface area contributed by atoms with Crippen LogP contribution in [0.2, 0.25) is 0 Å². The third-order valence-corrected chi connectivity index (χ3v) is 7.66. The molecule has 6 nitrogen and oxygen atoms in total. The Morgan fingerprint density at radius 2 is 0.860 bits per heavy atom. The van der Waals surface area contributed by atoms with Crippen LogP contribution in [-0.4, -0.2) is 64.8 Å². The van der Waals surface area contributed by atoms with E-state index in [1.165, 1.54) is 24.8 Å². The van der Waals surface area contributed by atoms with E-state index in [0.29, 0.717) is 30.3 Å². The molecule has 0 aromatic rings. The van der Waals surface area contributed by atoms with Crippen molar-refractivity contribution in [2.75, 3.05) is 52.8 Å². The Balaban J connectivity index is -0.000000283. The molecule has 0 saturated heterocycles. The average Bonchev–Trinajstić information content (AvgIpc) is 2.99. The molecule has 0 spiro atoms. The summed E-state index contributed by atoms with van der Waals surface area (Å²) >= 11 is 0. The zero-order valence-electron chi connectivity index (χ0n) is 36.9. The molecule has 0 aliphatic rings. The second kappa shape index (κ2) is 40.8. The van der Waals surface area contributed by atoms with Gasteiger partial charge in [-0.3, -0.25) is 4.79 Å². The minimum atomic E-state index is 0.203. The van der Waals surface area contributed by atoms with Crippen LogP contribution in [0.1, 0.15) is 169 Å². The Morgan fingerprint density at radius 1 is 0.480 bits per heavy atom. The van der Waals surface area contributed by atoms with Gasteiger partial charge >= 0.3 is 0 Å². The summed E-state index contributed by atoms with van der Waals surface area (Å²) in [5.74, 6) is 5.21. The zero-order valence-corrected chi connectivity index (χ0v) is 36.9. The highest BCUT2D eigenvalue weighted by atomic mass is 16.5. The molecular formula is C44H93NO5. The van der Waals surface area contributed by atoms with Gasteiger partial charge in [0.05, 0.1) is 32.5 Å². The van der Waals surface area contributed by atoms with Crippen molar-refractivity contribution in [3.05, 3.63) is 12.2 Å². The predicted molar refractivity (Wildman–Crippen MR) is 221 cm³/mol. The highest BCUT2D eigenvalue weighted by molar-refractivity contribution is 5.75. The molecule has 1 amide bonds. The molecule has 0 aliphatic heterocycles. The molecule has 0 fully saturated rings. The molecule has 0 aromatic heterocycles. The molecule has 0 heterocycles. The summed E-state index contributed by atoms with van der Waals surface area (Å²) in [7, 11) is 0. The molecule has 1 N–H and O–H groups in total. The van der Waals surface area contributed by atoms with Gasteiger partial charge in [0.25, 0.3) is 0 Å². The van der Waals surface area contributed by atoms with Crippen molar-refractivity contribution in [2.45, 2.75) is 175 Å². The highest BCUT2D eigenvalue weighted by Gasteiger charge is 2.03. The van der Waals surface area contributed by atoms with Gasteiger partial charge in [-0.1, -0.05) is 116 Å². The molecule has 0 aromatic carbocycles. The molecule has 304 valence electrons.